The van der Waals surface area contributed by atoms with Gasteiger partial charge in [0.15, 0.2) is 0 Å². The Bertz CT molecular complexity index is 198. The van der Waals surface area contributed by atoms with Crippen LogP contribution in [-0.4, -0.2) is 30.0 Å². The molecule has 0 amide bonds. The molecule has 0 radical (unpaired) electrons. The first-order chi connectivity index (χ1) is 6.56. The lowest BCUT2D eigenvalue weighted by atomic mass is 10.00. The Morgan fingerprint density at radius 1 is 1.71 bits per heavy atom. The molecule has 1 aliphatic heterocycles. The summed E-state index contributed by atoms with van der Waals surface area (Å²) < 4.78 is 0. The van der Waals surface area contributed by atoms with Gasteiger partial charge >= 0.3 is 0 Å². The van der Waals surface area contributed by atoms with Crippen LogP contribution in [0.3, 0.4) is 0 Å². The van der Waals surface area contributed by atoms with Gasteiger partial charge in [-0.25, -0.2) is 0 Å². The summed E-state index contributed by atoms with van der Waals surface area (Å²) in [5.41, 5.74) is 0. The van der Waals surface area contributed by atoms with Crippen molar-refractivity contribution in [3.05, 3.63) is 0 Å². The van der Waals surface area contributed by atoms with E-state index < -0.39 is 5.97 Å². The van der Waals surface area contributed by atoms with Gasteiger partial charge < -0.3 is 10.4 Å². The molecule has 82 valence electrons. The van der Waals surface area contributed by atoms with Gasteiger partial charge in [0.2, 0.25) is 0 Å². The summed E-state index contributed by atoms with van der Waals surface area (Å²) in [6.45, 7) is 7.47. The van der Waals surface area contributed by atoms with Crippen LogP contribution in [0.5, 0.6) is 0 Å². The summed E-state index contributed by atoms with van der Waals surface area (Å²) in [5.74, 6) is 1.20. The molecule has 1 atom stereocenters. The van der Waals surface area contributed by atoms with E-state index in [4.69, 9.17) is 9.90 Å². The summed E-state index contributed by atoms with van der Waals surface area (Å²) in [6.07, 6.45) is 2.44. The van der Waals surface area contributed by atoms with E-state index in [-0.39, 0.29) is 0 Å². The van der Waals surface area contributed by atoms with Gasteiger partial charge in [0.25, 0.3) is 5.97 Å². The minimum absolute atomic E-state index is 0.826. The molecule has 1 unspecified atom stereocenters. The fourth-order valence-corrected chi connectivity index (χ4v) is 1.28. The van der Waals surface area contributed by atoms with Crippen LogP contribution < -0.4 is 5.32 Å². The van der Waals surface area contributed by atoms with E-state index in [1.54, 1.807) is 0 Å². The van der Waals surface area contributed by atoms with Crippen molar-refractivity contribution in [3.8, 4) is 0 Å². The lowest BCUT2D eigenvalue weighted by Gasteiger charge is -2.21. The number of nitrogens with one attached hydrogen (secondary N) is 1. The molecule has 4 heteroatoms. The van der Waals surface area contributed by atoms with E-state index in [1.165, 1.54) is 12.3 Å². The third kappa shape index (κ3) is 7.58. The molecular weight excluding hydrogens is 180 g/mol. The molecule has 1 aliphatic rings. The van der Waals surface area contributed by atoms with Crippen LogP contribution in [0.2, 0.25) is 0 Å². The van der Waals surface area contributed by atoms with Crippen molar-refractivity contribution in [1.82, 2.24) is 5.32 Å². The summed E-state index contributed by atoms with van der Waals surface area (Å²) >= 11 is 0. The maximum absolute atomic E-state index is 9.00. The molecule has 0 aromatic heterocycles. The average molecular weight is 200 g/mol. The minimum Gasteiger partial charge on any atom is -0.481 e. The number of rotatable bonds is 1. The van der Waals surface area contributed by atoms with Gasteiger partial charge in [0, 0.05) is 26.4 Å². The van der Waals surface area contributed by atoms with Gasteiger partial charge in [0.1, 0.15) is 0 Å². The van der Waals surface area contributed by atoms with Crippen molar-refractivity contribution in [3.63, 3.8) is 0 Å². The molecule has 1 rings (SSSR count). The standard InChI is InChI=1S/C8H16N2.C2H4O2/c1-3-9-8-6-7(2)4-5-10-8;1-2(3)4/h7H,3-6H2,1-2H3,(H,9,10);1H3,(H,3,4). The molecule has 0 aromatic carbocycles. The number of aliphatic imine (C=N–C) groups is 1. The molecule has 0 spiro atoms. The molecule has 4 nitrogen and oxygen atoms in total. The van der Waals surface area contributed by atoms with E-state index in [1.807, 2.05) is 0 Å². The number of nitrogens with zero attached hydrogens (tertiary/aromatic N) is 1. The summed E-state index contributed by atoms with van der Waals surface area (Å²) in [6, 6.07) is 0. The van der Waals surface area contributed by atoms with Gasteiger partial charge in [-0.1, -0.05) is 6.92 Å². The highest BCUT2D eigenvalue weighted by molar-refractivity contribution is 5.82. The fraction of sp³-hybridized carbons (Fsp3) is 0.800. The first-order valence-corrected chi connectivity index (χ1v) is 5.03. The molecule has 14 heavy (non-hydrogen) atoms. The molecule has 0 bridgehead atoms. The van der Waals surface area contributed by atoms with Crippen LogP contribution in [0.15, 0.2) is 4.99 Å². The maximum Gasteiger partial charge on any atom is 0.300 e. The number of carbonyl (C=O) groups is 1. The topological polar surface area (TPSA) is 61.7 Å². The van der Waals surface area contributed by atoms with Gasteiger partial charge in [-0.05, 0) is 19.3 Å². The molecule has 1 saturated heterocycles. The van der Waals surface area contributed by atoms with Crippen molar-refractivity contribution < 1.29 is 9.90 Å². The quantitative estimate of drug-likeness (QED) is 0.674. The molecule has 0 aromatic rings. The van der Waals surface area contributed by atoms with E-state index in [2.05, 4.69) is 24.2 Å². The fourth-order valence-electron chi connectivity index (χ4n) is 1.28. The highest BCUT2D eigenvalue weighted by Crippen LogP contribution is 2.11. The summed E-state index contributed by atoms with van der Waals surface area (Å²) in [4.78, 5) is 13.3. The molecule has 0 aliphatic carbocycles. The smallest absolute Gasteiger partial charge is 0.300 e. The Morgan fingerprint density at radius 2 is 2.29 bits per heavy atom. The molecule has 2 N–H and O–H groups in total. The maximum atomic E-state index is 9.00. The second-order valence-electron chi connectivity index (χ2n) is 3.46. The SMILES string of the molecule is CC(=O)O.CC/N=C1/CC(C)CCN1. The van der Waals surface area contributed by atoms with Gasteiger partial charge in [-0.2, -0.15) is 0 Å². The lowest BCUT2D eigenvalue weighted by Crippen LogP contribution is -2.32. The number of hydrogen-bond donors (Lipinski definition) is 2. The van der Waals surface area contributed by atoms with E-state index in [0.29, 0.717) is 0 Å². The zero-order valence-corrected chi connectivity index (χ0v) is 9.21. The third-order valence-corrected chi connectivity index (χ3v) is 1.86. The van der Waals surface area contributed by atoms with Crippen molar-refractivity contribution in [2.45, 2.75) is 33.6 Å². The molecule has 0 saturated carbocycles. The first-order valence-electron chi connectivity index (χ1n) is 5.03. The van der Waals surface area contributed by atoms with Crippen LogP contribution in [0, 0.1) is 5.92 Å². The normalized spacial score (nSPS) is 23.4. The summed E-state index contributed by atoms with van der Waals surface area (Å²) in [7, 11) is 0. The first kappa shape index (κ1) is 12.9. The number of carboxylic acid groups (broad SMARTS) is 1. The van der Waals surface area contributed by atoms with E-state index in [9.17, 15) is 0 Å². The van der Waals surface area contributed by atoms with Crippen molar-refractivity contribution >= 4 is 11.8 Å². The van der Waals surface area contributed by atoms with E-state index in [0.717, 1.165) is 32.4 Å². The van der Waals surface area contributed by atoms with Gasteiger partial charge in [-0.15, -0.1) is 0 Å². The van der Waals surface area contributed by atoms with Crippen LogP contribution >= 0.6 is 0 Å². The monoisotopic (exact) mass is 200 g/mol. The molecular formula is C10H20N2O2. The lowest BCUT2D eigenvalue weighted by molar-refractivity contribution is -0.134. The Morgan fingerprint density at radius 3 is 2.71 bits per heavy atom. The number of piperidine rings is 1. The van der Waals surface area contributed by atoms with Crippen molar-refractivity contribution in [1.29, 1.82) is 0 Å². The largest absolute Gasteiger partial charge is 0.481 e. The van der Waals surface area contributed by atoms with Crippen molar-refractivity contribution in [2.24, 2.45) is 10.9 Å². The highest BCUT2D eigenvalue weighted by Gasteiger charge is 2.11. The second-order valence-corrected chi connectivity index (χ2v) is 3.46. The second kappa shape index (κ2) is 7.35. The Labute approximate surface area is 85.4 Å². The van der Waals surface area contributed by atoms with Crippen LogP contribution in [0.25, 0.3) is 0 Å². The highest BCUT2D eigenvalue weighted by atomic mass is 16.4. The minimum atomic E-state index is -0.833. The molecule has 1 fully saturated rings. The zero-order valence-electron chi connectivity index (χ0n) is 9.21. The average Bonchev–Trinajstić information content (AvgIpc) is 2.03. The Hall–Kier alpha value is -1.06. The van der Waals surface area contributed by atoms with Crippen LogP contribution in [0.1, 0.15) is 33.6 Å². The zero-order chi connectivity index (χ0) is 11.0. The van der Waals surface area contributed by atoms with Gasteiger partial charge in [0.05, 0.1) is 5.84 Å². The third-order valence-electron chi connectivity index (χ3n) is 1.86. The summed E-state index contributed by atoms with van der Waals surface area (Å²) in [5, 5.41) is 10.7. The Kier molecular flexibility index (Phi) is 6.80. The predicted octanol–water partition coefficient (Wildman–Crippen LogP) is 1.52. The molecule has 1 heterocycles. The number of amidine groups is 1. The Balaban J connectivity index is 0.000000364. The van der Waals surface area contributed by atoms with Crippen molar-refractivity contribution in [2.75, 3.05) is 13.1 Å². The van der Waals surface area contributed by atoms with Crippen LogP contribution in [-0.2, 0) is 4.79 Å². The van der Waals surface area contributed by atoms with Crippen LogP contribution in [0.4, 0.5) is 0 Å². The predicted molar refractivity (Wildman–Crippen MR) is 57.7 cm³/mol. The number of hydrogen-bond acceptors (Lipinski definition) is 2. The number of carboxylic acids is 1. The van der Waals surface area contributed by atoms with Gasteiger partial charge in [-0.3, -0.25) is 9.79 Å². The van der Waals surface area contributed by atoms with E-state index >= 15 is 0 Å². The number of aliphatic carboxylic acids is 1.